The number of fused-ring (bicyclic) bond motifs is 1. The van der Waals surface area contributed by atoms with Gasteiger partial charge in [0, 0.05) is 35.7 Å². The lowest BCUT2D eigenvalue weighted by Gasteiger charge is -2.37. The minimum absolute atomic E-state index is 0.0108. The Balaban J connectivity index is 1.24. The molecule has 3 heterocycles. The molecule has 1 aliphatic rings. The third-order valence-electron chi connectivity index (χ3n) is 6.10. The van der Waals surface area contributed by atoms with Gasteiger partial charge in [0.05, 0.1) is 11.7 Å². The second kappa shape index (κ2) is 9.80. The molecule has 5 rings (SSSR count). The maximum absolute atomic E-state index is 13.5. The summed E-state index contributed by atoms with van der Waals surface area (Å²) in [6.07, 6.45) is -2.94. The van der Waals surface area contributed by atoms with Gasteiger partial charge in [0.1, 0.15) is 23.5 Å². The van der Waals surface area contributed by atoms with Gasteiger partial charge in [-0.25, -0.2) is 22.8 Å². The Morgan fingerprint density at radius 3 is 2.53 bits per heavy atom. The number of hydrogen-bond donors (Lipinski definition) is 0. The van der Waals surface area contributed by atoms with E-state index in [0.717, 1.165) is 28.6 Å². The summed E-state index contributed by atoms with van der Waals surface area (Å²) in [5, 5.41) is -0.0586. The second-order valence-corrected chi connectivity index (χ2v) is 10.4. The minimum atomic E-state index is -4.79. The zero-order chi connectivity index (χ0) is 27.1. The zero-order valence-corrected chi connectivity index (χ0v) is 20.3. The van der Waals surface area contributed by atoms with Gasteiger partial charge in [0.25, 0.3) is 10.0 Å². The highest BCUT2D eigenvalue weighted by Gasteiger charge is 2.43. The molecule has 0 aliphatic carbocycles. The molecule has 13 heteroatoms. The third-order valence-corrected chi connectivity index (χ3v) is 7.86. The fraction of sp³-hybridized carbons (Fsp3) is 0.240. The number of furan rings is 1. The monoisotopic (exact) mass is 549 g/mol. The first-order valence-electron chi connectivity index (χ1n) is 11.4. The number of rotatable bonds is 8. The molecule has 1 atom stereocenters. The smallest absolute Gasteiger partial charge is 0.443 e. The largest absolute Gasteiger partial charge is 0.573 e. The molecule has 1 fully saturated rings. The summed E-state index contributed by atoms with van der Waals surface area (Å²) in [5.41, 5.74) is 1.69. The number of ketones is 1. The number of carbonyl (C=O) groups excluding carboxylic acids is 1. The molecule has 0 saturated carbocycles. The van der Waals surface area contributed by atoms with Crippen molar-refractivity contribution in [2.24, 2.45) is 0 Å². The van der Waals surface area contributed by atoms with Crippen LogP contribution in [0.4, 0.5) is 17.6 Å². The van der Waals surface area contributed by atoms with E-state index in [1.165, 1.54) is 30.6 Å². The standard InChI is InChI=1S/C25H19F4N3O5S/c26-17-3-8-23-16(11-17)12-24(36-23)38(34,35)32-10-9-21(32)22(33)7-4-18-13-20(31-14-30-18)15-1-5-19(6-2-15)37-25(27,28)29/h1-3,5-6,8,11-14,21H,4,7,9-10H2. The van der Waals surface area contributed by atoms with Gasteiger partial charge in [0.2, 0.25) is 5.09 Å². The lowest BCUT2D eigenvalue weighted by Crippen LogP contribution is -2.54. The average Bonchev–Trinajstić information content (AvgIpc) is 3.26. The van der Waals surface area contributed by atoms with E-state index in [4.69, 9.17) is 4.42 Å². The van der Waals surface area contributed by atoms with Crippen LogP contribution in [0.5, 0.6) is 5.75 Å². The Hall–Kier alpha value is -3.84. The van der Waals surface area contributed by atoms with E-state index in [1.54, 1.807) is 6.07 Å². The highest BCUT2D eigenvalue weighted by Crippen LogP contribution is 2.32. The summed E-state index contributed by atoms with van der Waals surface area (Å²) >= 11 is 0. The van der Waals surface area contributed by atoms with Crippen molar-refractivity contribution >= 4 is 26.8 Å². The van der Waals surface area contributed by atoms with Gasteiger partial charge in [-0.3, -0.25) is 4.79 Å². The van der Waals surface area contributed by atoms with E-state index in [9.17, 15) is 30.8 Å². The van der Waals surface area contributed by atoms with Crippen LogP contribution < -0.4 is 4.74 Å². The van der Waals surface area contributed by atoms with Crippen LogP contribution in [0.15, 0.2) is 70.4 Å². The molecule has 4 aromatic rings. The topological polar surface area (TPSA) is 103 Å². The first-order chi connectivity index (χ1) is 18.0. The molecular formula is C25H19F4N3O5S. The molecule has 2 aromatic carbocycles. The Morgan fingerprint density at radius 2 is 1.84 bits per heavy atom. The van der Waals surface area contributed by atoms with Gasteiger partial charge >= 0.3 is 6.36 Å². The van der Waals surface area contributed by atoms with Crippen LogP contribution in [-0.4, -0.2) is 47.4 Å². The van der Waals surface area contributed by atoms with Crippen LogP contribution in [-0.2, 0) is 21.2 Å². The Bertz CT molecular complexity index is 1600. The fourth-order valence-corrected chi connectivity index (χ4v) is 5.75. The molecule has 0 bridgehead atoms. The maximum atomic E-state index is 13.5. The molecule has 1 unspecified atom stereocenters. The number of benzene rings is 2. The number of ether oxygens (including phenoxy) is 1. The Kier molecular flexibility index (Phi) is 6.65. The number of sulfonamides is 1. The molecular weight excluding hydrogens is 530 g/mol. The molecule has 0 N–H and O–H groups in total. The van der Waals surface area contributed by atoms with Crippen molar-refractivity contribution < 1.29 is 39.9 Å². The highest BCUT2D eigenvalue weighted by molar-refractivity contribution is 7.89. The van der Waals surface area contributed by atoms with E-state index in [2.05, 4.69) is 14.7 Å². The van der Waals surface area contributed by atoms with Gasteiger partial charge in [-0.2, -0.15) is 4.31 Å². The summed E-state index contributed by atoms with van der Waals surface area (Å²) in [4.78, 5) is 21.1. The van der Waals surface area contributed by atoms with Gasteiger partial charge in [-0.1, -0.05) is 0 Å². The number of aryl methyl sites for hydroxylation is 1. The number of alkyl halides is 3. The SMILES string of the molecule is O=C(CCc1cc(-c2ccc(OC(F)(F)F)cc2)ncn1)C1CCN1S(=O)(=O)c1cc2cc(F)ccc2o1. The molecule has 0 amide bonds. The minimum Gasteiger partial charge on any atom is -0.443 e. The van der Waals surface area contributed by atoms with Crippen LogP contribution in [0.25, 0.3) is 22.2 Å². The molecule has 2 aromatic heterocycles. The molecule has 1 saturated heterocycles. The Morgan fingerprint density at radius 1 is 1.08 bits per heavy atom. The van der Waals surface area contributed by atoms with Crippen LogP contribution in [0.3, 0.4) is 0 Å². The van der Waals surface area contributed by atoms with Crippen LogP contribution in [0.1, 0.15) is 18.5 Å². The number of carbonyl (C=O) groups is 1. The molecule has 38 heavy (non-hydrogen) atoms. The molecule has 198 valence electrons. The summed E-state index contributed by atoms with van der Waals surface area (Å²) in [6.45, 7) is 0.149. The molecule has 1 aliphatic heterocycles. The third kappa shape index (κ3) is 5.38. The summed E-state index contributed by atoms with van der Waals surface area (Å²) in [6, 6.07) is 10.8. The first-order valence-corrected chi connectivity index (χ1v) is 12.8. The highest BCUT2D eigenvalue weighted by atomic mass is 32.2. The molecule has 0 spiro atoms. The van der Waals surface area contributed by atoms with Crippen LogP contribution in [0.2, 0.25) is 0 Å². The predicted molar refractivity (Wildman–Crippen MR) is 126 cm³/mol. The van der Waals surface area contributed by atoms with E-state index in [0.29, 0.717) is 28.8 Å². The number of halogens is 4. The number of hydrogen-bond acceptors (Lipinski definition) is 7. The van der Waals surface area contributed by atoms with Crippen molar-refractivity contribution in [2.75, 3.05) is 6.54 Å². The lowest BCUT2D eigenvalue weighted by atomic mass is 9.98. The molecule has 0 radical (unpaired) electrons. The number of nitrogens with zero attached hydrogens (tertiary/aromatic N) is 3. The first kappa shape index (κ1) is 25.8. The van der Waals surface area contributed by atoms with Gasteiger partial charge < -0.3 is 9.15 Å². The predicted octanol–water partition coefficient (Wildman–Crippen LogP) is 4.89. The average molecular weight is 550 g/mol. The van der Waals surface area contributed by atoms with E-state index in [1.807, 2.05) is 0 Å². The van der Waals surface area contributed by atoms with Crippen molar-refractivity contribution in [2.45, 2.75) is 36.8 Å². The van der Waals surface area contributed by atoms with Gasteiger partial charge in [-0.15, -0.1) is 13.2 Å². The van der Waals surface area contributed by atoms with E-state index < -0.39 is 28.2 Å². The van der Waals surface area contributed by atoms with Gasteiger partial charge in [-0.05, 0) is 61.4 Å². The summed E-state index contributed by atoms with van der Waals surface area (Å²) in [5.74, 6) is -1.19. The fourth-order valence-electron chi connectivity index (χ4n) is 4.14. The van der Waals surface area contributed by atoms with Crippen LogP contribution in [0, 0.1) is 5.82 Å². The number of Topliss-reactive ketones (excluding diaryl/α,β-unsaturated/α-hetero) is 1. The molecule has 8 nitrogen and oxygen atoms in total. The van der Waals surface area contributed by atoms with E-state index >= 15 is 0 Å². The Labute approximate surface area is 213 Å². The van der Waals surface area contributed by atoms with Crippen molar-refractivity contribution in [3.8, 4) is 17.0 Å². The lowest BCUT2D eigenvalue weighted by molar-refractivity contribution is -0.274. The number of aromatic nitrogens is 2. The second-order valence-electron chi connectivity index (χ2n) is 8.60. The van der Waals surface area contributed by atoms with Crippen molar-refractivity contribution in [1.29, 1.82) is 0 Å². The van der Waals surface area contributed by atoms with Crippen molar-refractivity contribution in [1.82, 2.24) is 14.3 Å². The van der Waals surface area contributed by atoms with E-state index in [-0.39, 0.29) is 41.6 Å². The summed E-state index contributed by atoms with van der Waals surface area (Å²) in [7, 11) is -4.09. The van der Waals surface area contributed by atoms with Crippen molar-refractivity contribution in [3.63, 3.8) is 0 Å². The zero-order valence-electron chi connectivity index (χ0n) is 19.5. The quantitative estimate of drug-likeness (QED) is 0.288. The maximum Gasteiger partial charge on any atom is 0.573 e. The van der Waals surface area contributed by atoms with Crippen LogP contribution >= 0.6 is 0 Å². The normalized spacial score (nSPS) is 16.4. The van der Waals surface area contributed by atoms with Gasteiger partial charge in [0.15, 0.2) is 5.78 Å². The summed E-state index contributed by atoms with van der Waals surface area (Å²) < 4.78 is 87.0. The van der Waals surface area contributed by atoms with Crippen molar-refractivity contribution in [3.05, 3.63) is 72.4 Å².